The number of nitrogens with zero attached hydrogens (tertiary/aromatic N) is 4. The molecule has 1 fully saturated rings. The van der Waals surface area contributed by atoms with Gasteiger partial charge in [0, 0.05) is 19.1 Å². The van der Waals surface area contributed by atoms with E-state index < -0.39 is 0 Å². The van der Waals surface area contributed by atoms with E-state index in [1.54, 1.807) is 6.33 Å². The van der Waals surface area contributed by atoms with E-state index >= 15 is 0 Å². The highest BCUT2D eigenvalue weighted by molar-refractivity contribution is 4.89. The second-order valence-corrected chi connectivity index (χ2v) is 4.69. The van der Waals surface area contributed by atoms with Gasteiger partial charge < -0.3 is 5.73 Å². The summed E-state index contributed by atoms with van der Waals surface area (Å²) in [5, 5.41) is 4.10. The lowest BCUT2D eigenvalue weighted by atomic mass is 9.97. The van der Waals surface area contributed by atoms with E-state index in [9.17, 15) is 0 Å². The summed E-state index contributed by atoms with van der Waals surface area (Å²) in [7, 11) is 1.94. The Kier molecular flexibility index (Phi) is 3.56. The van der Waals surface area contributed by atoms with Gasteiger partial charge in [0.1, 0.15) is 12.2 Å². The summed E-state index contributed by atoms with van der Waals surface area (Å²) < 4.78 is 1.84. The van der Waals surface area contributed by atoms with Gasteiger partial charge in [0.25, 0.3) is 0 Å². The molecule has 1 aromatic rings. The van der Waals surface area contributed by atoms with E-state index in [1.165, 1.54) is 19.3 Å². The van der Waals surface area contributed by atoms with E-state index in [0.29, 0.717) is 6.04 Å². The summed E-state index contributed by atoms with van der Waals surface area (Å²) in [5.41, 5.74) is 6.04. The first kappa shape index (κ1) is 11.5. The molecule has 5 nitrogen and oxygen atoms in total. The molecule has 1 saturated heterocycles. The third-order valence-electron chi connectivity index (χ3n) is 3.42. The van der Waals surface area contributed by atoms with Gasteiger partial charge in [0.2, 0.25) is 0 Å². The molecule has 2 atom stereocenters. The highest BCUT2D eigenvalue weighted by Gasteiger charge is 2.26. The minimum atomic E-state index is 0.230. The second kappa shape index (κ2) is 4.93. The van der Waals surface area contributed by atoms with Crippen LogP contribution >= 0.6 is 0 Å². The minimum absolute atomic E-state index is 0.230. The zero-order chi connectivity index (χ0) is 11.5. The molecule has 0 aromatic carbocycles. The topological polar surface area (TPSA) is 60.0 Å². The summed E-state index contributed by atoms with van der Waals surface area (Å²) in [6, 6.07) is 0.721. The maximum Gasteiger partial charge on any atom is 0.140 e. The molecule has 1 aromatic heterocycles. The summed E-state index contributed by atoms with van der Waals surface area (Å²) in [4.78, 5) is 6.72. The smallest absolute Gasteiger partial charge is 0.140 e. The zero-order valence-corrected chi connectivity index (χ0v) is 10.1. The van der Waals surface area contributed by atoms with Crippen LogP contribution in [0.3, 0.4) is 0 Å². The number of aromatic nitrogens is 3. The lowest BCUT2D eigenvalue weighted by Gasteiger charge is -2.37. The standard InChI is InChI=1S/C11H21N5/c1-9(12)10-5-3-4-6-16(10)7-11-13-8-14-15(11)2/h8-10H,3-7,12H2,1-2H3. The number of hydrogen-bond donors (Lipinski definition) is 1. The summed E-state index contributed by atoms with van der Waals surface area (Å²) in [5.74, 6) is 1.02. The van der Waals surface area contributed by atoms with Crippen molar-refractivity contribution in [3.63, 3.8) is 0 Å². The lowest BCUT2D eigenvalue weighted by Crippen LogP contribution is -2.48. The SMILES string of the molecule is CC(N)C1CCCCN1Cc1ncnn1C. The van der Waals surface area contributed by atoms with Crippen LogP contribution in [0.2, 0.25) is 0 Å². The Bertz CT molecular complexity index is 333. The van der Waals surface area contributed by atoms with Crippen LogP contribution in [0.15, 0.2) is 6.33 Å². The Morgan fingerprint density at radius 1 is 1.56 bits per heavy atom. The molecule has 0 saturated carbocycles. The highest BCUT2D eigenvalue weighted by Crippen LogP contribution is 2.20. The van der Waals surface area contributed by atoms with Gasteiger partial charge >= 0.3 is 0 Å². The molecule has 90 valence electrons. The molecule has 2 unspecified atom stereocenters. The molecule has 0 spiro atoms. The fourth-order valence-corrected chi connectivity index (χ4v) is 2.45. The van der Waals surface area contributed by atoms with Crippen molar-refractivity contribution in [3.8, 4) is 0 Å². The Balaban J connectivity index is 2.04. The van der Waals surface area contributed by atoms with Crippen molar-refractivity contribution in [1.29, 1.82) is 0 Å². The van der Waals surface area contributed by atoms with Crippen LogP contribution in [-0.2, 0) is 13.6 Å². The average Bonchev–Trinajstić information content (AvgIpc) is 2.65. The van der Waals surface area contributed by atoms with Crippen LogP contribution in [0.1, 0.15) is 32.0 Å². The van der Waals surface area contributed by atoms with E-state index in [2.05, 4.69) is 21.9 Å². The molecule has 2 rings (SSSR count). The Hall–Kier alpha value is -0.940. The quantitative estimate of drug-likeness (QED) is 0.811. The first-order chi connectivity index (χ1) is 7.68. The second-order valence-electron chi connectivity index (χ2n) is 4.69. The maximum atomic E-state index is 6.04. The highest BCUT2D eigenvalue weighted by atomic mass is 15.3. The van der Waals surface area contributed by atoms with E-state index in [4.69, 9.17) is 5.73 Å². The van der Waals surface area contributed by atoms with Crippen molar-refractivity contribution in [1.82, 2.24) is 19.7 Å². The summed E-state index contributed by atoms with van der Waals surface area (Å²) in [6.07, 6.45) is 5.37. The van der Waals surface area contributed by atoms with Crippen LogP contribution in [0.5, 0.6) is 0 Å². The van der Waals surface area contributed by atoms with Crippen LogP contribution < -0.4 is 5.73 Å². The van der Waals surface area contributed by atoms with Gasteiger partial charge in [-0.15, -0.1) is 0 Å². The van der Waals surface area contributed by atoms with Gasteiger partial charge in [0.05, 0.1) is 6.54 Å². The maximum absolute atomic E-state index is 6.04. The van der Waals surface area contributed by atoms with E-state index in [1.807, 2.05) is 11.7 Å². The fraction of sp³-hybridized carbons (Fsp3) is 0.818. The number of rotatable bonds is 3. The first-order valence-electron chi connectivity index (χ1n) is 6.01. The summed E-state index contributed by atoms with van der Waals surface area (Å²) in [6.45, 7) is 4.08. The zero-order valence-electron chi connectivity index (χ0n) is 10.1. The molecule has 0 amide bonds. The van der Waals surface area contributed by atoms with Crippen LogP contribution in [0, 0.1) is 0 Å². The van der Waals surface area contributed by atoms with Gasteiger partial charge in [-0.05, 0) is 26.3 Å². The van der Waals surface area contributed by atoms with Crippen LogP contribution in [-0.4, -0.2) is 38.3 Å². The van der Waals surface area contributed by atoms with Crippen molar-refractivity contribution >= 4 is 0 Å². The van der Waals surface area contributed by atoms with E-state index in [0.717, 1.165) is 18.9 Å². The van der Waals surface area contributed by atoms with Crippen LogP contribution in [0.25, 0.3) is 0 Å². The average molecular weight is 223 g/mol. The molecular formula is C11H21N5. The van der Waals surface area contributed by atoms with Gasteiger partial charge in [-0.2, -0.15) is 5.10 Å². The Morgan fingerprint density at radius 3 is 3.00 bits per heavy atom. The molecule has 1 aliphatic heterocycles. The molecule has 0 aliphatic carbocycles. The normalized spacial score (nSPS) is 24.6. The first-order valence-corrected chi connectivity index (χ1v) is 6.01. The molecule has 2 heterocycles. The lowest BCUT2D eigenvalue weighted by molar-refractivity contribution is 0.118. The molecule has 16 heavy (non-hydrogen) atoms. The number of nitrogens with two attached hydrogens (primary N) is 1. The van der Waals surface area contributed by atoms with Crippen molar-refractivity contribution in [2.45, 2.75) is 44.8 Å². The van der Waals surface area contributed by atoms with Crippen molar-refractivity contribution in [2.75, 3.05) is 6.54 Å². The van der Waals surface area contributed by atoms with Crippen molar-refractivity contribution in [2.24, 2.45) is 12.8 Å². The molecule has 1 aliphatic rings. The van der Waals surface area contributed by atoms with Crippen LogP contribution in [0.4, 0.5) is 0 Å². The molecule has 2 N–H and O–H groups in total. The van der Waals surface area contributed by atoms with Gasteiger partial charge in [0.15, 0.2) is 0 Å². The molecule has 0 bridgehead atoms. The monoisotopic (exact) mass is 223 g/mol. The molecule has 5 heteroatoms. The number of aryl methyl sites for hydroxylation is 1. The largest absolute Gasteiger partial charge is 0.327 e. The van der Waals surface area contributed by atoms with Gasteiger partial charge in [-0.3, -0.25) is 9.58 Å². The van der Waals surface area contributed by atoms with Gasteiger partial charge in [-0.25, -0.2) is 4.98 Å². The Morgan fingerprint density at radius 2 is 2.38 bits per heavy atom. The summed E-state index contributed by atoms with van der Waals surface area (Å²) >= 11 is 0. The van der Waals surface area contributed by atoms with Crippen molar-refractivity contribution in [3.05, 3.63) is 12.2 Å². The van der Waals surface area contributed by atoms with E-state index in [-0.39, 0.29) is 6.04 Å². The fourth-order valence-electron chi connectivity index (χ4n) is 2.45. The molecule has 0 radical (unpaired) electrons. The predicted molar refractivity (Wildman–Crippen MR) is 62.7 cm³/mol. The molecular weight excluding hydrogens is 202 g/mol. The predicted octanol–water partition coefficient (Wildman–Crippen LogP) is 0.517. The number of likely N-dealkylation sites (tertiary alicyclic amines) is 1. The van der Waals surface area contributed by atoms with Gasteiger partial charge in [-0.1, -0.05) is 6.42 Å². The third-order valence-corrected chi connectivity index (χ3v) is 3.42. The number of piperidine rings is 1. The minimum Gasteiger partial charge on any atom is -0.327 e. The van der Waals surface area contributed by atoms with Crippen molar-refractivity contribution < 1.29 is 0 Å². The third kappa shape index (κ3) is 2.41. The number of hydrogen-bond acceptors (Lipinski definition) is 4. The Labute approximate surface area is 96.6 Å².